The van der Waals surface area contributed by atoms with Gasteiger partial charge in [0.25, 0.3) is 15.9 Å². The molecule has 0 fully saturated rings. The van der Waals surface area contributed by atoms with E-state index in [4.69, 9.17) is 0 Å². The number of aryl methyl sites for hydroxylation is 2. The molecule has 30 heavy (non-hydrogen) atoms. The summed E-state index contributed by atoms with van der Waals surface area (Å²) in [4.78, 5) is 17.3. The van der Waals surface area contributed by atoms with Crippen LogP contribution in [0.4, 0.5) is 5.69 Å². The van der Waals surface area contributed by atoms with Crippen LogP contribution in [0.3, 0.4) is 0 Å². The zero-order valence-electron chi connectivity index (χ0n) is 17.4. The Morgan fingerprint density at radius 3 is 2.57 bits per heavy atom. The summed E-state index contributed by atoms with van der Waals surface area (Å²) < 4.78 is 28.2. The van der Waals surface area contributed by atoms with Gasteiger partial charge in [0.15, 0.2) is 0 Å². The summed E-state index contributed by atoms with van der Waals surface area (Å²) in [6, 6.07) is 11.6. The van der Waals surface area contributed by atoms with E-state index in [9.17, 15) is 13.2 Å². The lowest BCUT2D eigenvalue weighted by Gasteiger charge is -2.12. The number of benzene rings is 2. The molecule has 1 aromatic heterocycles. The van der Waals surface area contributed by atoms with Crippen LogP contribution < -0.4 is 10.0 Å². The van der Waals surface area contributed by atoms with Gasteiger partial charge in [-0.1, -0.05) is 32.0 Å². The van der Waals surface area contributed by atoms with Gasteiger partial charge in [0, 0.05) is 22.5 Å². The minimum absolute atomic E-state index is 0.0375. The first kappa shape index (κ1) is 22.0. The third-order valence-electron chi connectivity index (χ3n) is 4.53. The maximum Gasteiger partial charge on any atom is 0.261 e. The number of aromatic nitrogens is 1. The maximum atomic E-state index is 12.8. The Morgan fingerprint density at radius 2 is 1.90 bits per heavy atom. The van der Waals surface area contributed by atoms with Crippen molar-refractivity contribution >= 4 is 33.0 Å². The van der Waals surface area contributed by atoms with E-state index >= 15 is 0 Å². The number of amides is 1. The van der Waals surface area contributed by atoms with E-state index in [2.05, 4.69) is 28.9 Å². The molecule has 0 aliphatic carbocycles. The van der Waals surface area contributed by atoms with Crippen molar-refractivity contribution in [3.8, 4) is 0 Å². The molecule has 1 heterocycles. The molecule has 2 N–H and O–H groups in total. The predicted octanol–water partition coefficient (Wildman–Crippen LogP) is 4.61. The van der Waals surface area contributed by atoms with Crippen molar-refractivity contribution < 1.29 is 13.2 Å². The van der Waals surface area contributed by atoms with Crippen LogP contribution in [0.15, 0.2) is 52.7 Å². The van der Waals surface area contributed by atoms with E-state index in [1.165, 1.54) is 12.1 Å². The number of nitrogens with one attached hydrogen (secondary N) is 2. The summed E-state index contributed by atoms with van der Waals surface area (Å²) in [7, 11) is -3.82. The molecule has 3 rings (SSSR count). The Labute approximate surface area is 181 Å². The third-order valence-corrected chi connectivity index (χ3v) is 7.10. The number of hydrogen-bond donors (Lipinski definition) is 2. The topological polar surface area (TPSA) is 88.2 Å². The second-order valence-corrected chi connectivity index (χ2v) is 10.0. The third kappa shape index (κ3) is 5.25. The Kier molecular flexibility index (Phi) is 6.58. The Hall–Kier alpha value is -2.71. The van der Waals surface area contributed by atoms with E-state index in [1.807, 2.05) is 18.4 Å². The number of rotatable bonds is 7. The molecule has 0 unspecified atom stereocenters. The van der Waals surface area contributed by atoms with Crippen LogP contribution in [0, 0.1) is 13.8 Å². The number of anilines is 1. The summed E-state index contributed by atoms with van der Waals surface area (Å²) >= 11 is 1.57. The zero-order chi connectivity index (χ0) is 21.9. The lowest BCUT2D eigenvalue weighted by atomic mass is 10.1. The smallest absolute Gasteiger partial charge is 0.261 e. The Bertz CT molecular complexity index is 1170. The fraction of sp³-hybridized carbons (Fsp3) is 0.273. The maximum absolute atomic E-state index is 12.8. The van der Waals surface area contributed by atoms with Crippen LogP contribution in [0.25, 0.3) is 0 Å². The van der Waals surface area contributed by atoms with E-state index < -0.39 is 10.0 Å². The van der Waals surface area contributed by atoms with Crippen LogP contribution in [-0.2, 0) is 16.6 Å². The molecule has 0 saturated heterocycles. The van der Waals surface area contributed by atoms with E-state index in [1.54, 1.807) is 42.5 Å². The molecule has 158 valence electrons. The van der Waals surface area contributed by atoms with Gasteiger partial charge in [0.1, 0.15) is 0 Å². The zero-order valence-corrected chi connectivity index (χ0v) is 19.0. The van der Waals surface area contributed by atoms with Crippen LogP contribution in [0.2, 0.25) is 0 Å². The first-order valence-corrected chi connectivity index (χ1v) is 11.9. The SMILES string of the molecule is Cc1cccc(NS(=O)(=O)c2ccc(C)c(C(=O)NCc3csc(C(C)C)n3)c2)c1. The lowest BCUT2D eigenvalue weighted by Crippen LogP contribution is -2.24. The van der Waals surface area contributed by atoms with Crippen LogP contribution >= 0.6 is 11.3 Å². The van der Waals surface area contributed by atoms with Crippen molar-refractivity contribution in [2.24, 2.45) is 0 Å². The number of hydrogen-bond acceptors (Lipinski definition) is 5. The summed E-state index contributed by atoms with van der Waals surface area (Å²) in [5, 5.41) is 5.78. The second-order valence-electron chi connectivity index (χ2n) is 7.47. The molecule has 8 heteroatoms. The minimum atomic E-state index is -3.82. The number of thiazole rings is 1. The molecule has 2 aromatic carbocycles. The minimum Gasteiger partial charge on any atom is -0.346 e. The van der Waals surface area contributed by atoms with Crippen LogP contribution in [0.1, 0.15) is 52.0 Å². The molecule has 0 atom stereocenters. The lowest BCUT2D eigenvalue weighted by molar-refractivity contribution is 0.0949. The summed E-state index contributed by atoms with van der Waals surface area (Å²) in [5.74, 6) is 0.00342. The first-order valence-electron chi connectivity index (χ1n) is 9.58. The number of carbonyl (C=O) groups excluding carboxylic acids is 1. The average Bonchev–Trinajstić information content (AvgIpc) is 3.15. The number of nitrogens with zero attached hydrogens (tertiary/aromatic N) is 1. The van der Waals surface area contributed by atoms with E-state index in [0.29, 0.717) is 29.3 Å². The van der Waals surface area contributed by atoms with Crippen molar-refractivity contribution in [1.82, 2.24) is 10.3 Å². The molecule has 0 aliphatic heterocycles. The highest BCUT2D eigenvalue weighted by molar-refractivity contribution is 7.92. The summed E-state index contributed by atoms with van der Waals surface area (Å²) in [6.07, 6.45) is 0. The fourth-order valence-electron chi connectivity index (χ4n) is 2.87. The summed E-state index contributed by atoms with van der Waals surface area (Å²) in [5.41, 5.74) is 3.23. The highest BCUT2D eigenvalue weighted by Gasteiger charge is 2.18. The van der Waals surface area contributed by atoms with Gasteiger partial charge in [-0.05, 0) is 49.2 Å². The van der Waals surface area contributed by atoms with Crippen molar-refractivity contribution in [2.75, 3.05) is 4.72 Å². The number of carbonyl (C=O) groups is 1. The molecule has 1 amide bonds. The molecular formula is C22H25N3O3S2. The van der Waals surface area contributed by atoms with Crippen molar-refractivity contribution in [2.45, 2.75) is 45.1 Å². The standard InChI is InChI=1S/C22H25N3O3S2/c1-14(2)22-24-18(13-29-22)12-23-21(26)20-11-19(9-8-16(20)4)30(27,28)25-17-7-5-6-15(3)10-17/h5-11,13-14,25H,12H2,1-4H3,(H,23,26). The molecule has 3 aromatic rings. The van der Waals surface area contributed by atoms with Gasteiger partial charge in [-0.3, -0.25) is 9.52 Å². The molecule has 0 saturated carbocycles. The molecule has 0 bridgehead atoms. The molecule has 0 radical (unpaired) electrons. The molecule has 0 aliphatic rings. The average molecular weight is 444 g/mol. The number of sulfonamides is 1. The second kappa shape index (κ2) is 8.97. The van der Waals surface area contributed by atoms with Gasteiger partial charge in [-0.2, -0.15) is 0 Å². The normalized spacial score (nSPS) is 11.5. The van der Waals surface area contributed by atoms with Crippen molar-refractivity contribution in [3.05, 3.63) is 75.2 Å². The van der Waals surface area contributed by atoms with Gasteiger partial charge in [-0.15, -0.1) is 11.3 Å². The van der Waals surface area contributed by atoms with Gasteiger partial charge >= 0.3 is 0 Å². The van der Waals surface area contributed by atoms with Crippen LogP contribution in [-0.4, -0.2) is 19.3 Å². The van der Waals surface area contributed by atoms with E-state index in [-0.39, 0.29) is 10.8 Å². The van der Waals surface area contributed by atoms with Gasteiger partial charge in [0.05, 0.1) is 22.1 Å². The predicted molar refractivity (Wildman–Crippen MR) is 121 cm³/mol. The van der Waals surface area contributed by atoms with Crippen molar-refractivity contribution in [3.63, 3.8) is 0 Å². The summed E-state index contributed by atoms with van der Waals surface area (Å²) in [6.45, 7) is 8.10. The van der Waals surface area contributed by atoms with Crippen LogP contribution in [0.5, 0.6) is 0 Å². The molecular weight excluding hydrogens is 418 g/mol. The highest BCUT2D eigenvalue weighted by Crippen LogP contribution is 2.21. The monoisotopic (exact) mass is 443 g/mol. The Morgan fingerprint density at radius 1 is 1.13 bits per heavy atom. The first-order chi connectivity index (χ1) is 14.2. The fourth-order valence-corrected chi connectivity index (χ4v) is 4.78. The largest absolute Gasteiger partial charge is 0.346 e. The molecule has 0 spiro atoms. The van der Waals surface area contributed by atoms with Gasteiger partial charge in [0.2, 0.25) is 0 Å². The van der Waals surface area contributed by atoms with E-state index in [0.717, 1.165) is 16.3 Å². The Balaban J connectivity index is 1.77. The quantitative estimate of drug-likeness (QED) is 0.558. The van der Waals surface area contributed by atoms with Crippen molar-refractivity contribution in [1.29, 1.82) is 0 Å². The van der Waals surface area contributed by atoms with Gasteiger partial charge < -0.3 is 5.32 Å². The highest BCUT2D eigenvalue weighted by atomic mass is 32.2. The molecule has 6 nitrogen and oxygen atoms in total. The van der Waals surface area contributed by atoms with Gasteiger partial charge in [-0.25, -0.2) is 13.4 Å².